The van der Waals surface area contributed by atoms with Crippen molar-refractivity contribution in [1.82, 2.24) is 34.9 Å². The van der Waals surface area contributed by atoms with E-state index in [0.717, 1.165) is 81.7 Å². The number of anilines is 2. The number of nitrogens with one attached hydrogen (secondary N) is 2. The first kappa shape index (κ1) is 39.6. The summed E-state index contributed by atoms with van der Waals surface area (Å²) in [6.07, 6.45) is 7.97. The first-order valence-electron chi connectivity index (χ1n) is 21.2. The maximum Gasteiger partial charge on any atom is 0.320 e. The molecule has 0 bridgehead atoms. The molecule has 1 unspecified atom stereocenters. The van der Waals surface area contributed by atoms with Crippen molar-refractivity contribution in [2.75, 3.05) is 56.5 Å². The number of hydrogen-bond donors (Lipinski definition) is 3. The summed E-state index contributed by atoms with van der Waals surface area (Å²) in [6.45, 7) is 7.19. The van der Waals surface area contributed by atoms with Gasteiger partial charge in [0, 0.05) is 63.8 Å². The van der Waals surface area contributed by atoms with Gasteiger partial charge in [0.2, 0.25) is 11.8 Å². The van der Waals surface area contributed by atoms with Gasteiger partial charge in [-0.05, 0) is 86.7 Å². The molecule has 60 heavy (non-hydrogen) atoms. The van der Waals surface area contributed by atoms with Gasteiger partial charge in [-0.3, -0.25) is 34.2 Å². The van der Waals surface area contributed by atoms with Gasteiger partial charge >= 0.3 is 6.03 Å². The van der Waals surface area contributed by atoms with E-state index in [1.807, 2.05) is 18.0 Å². The van der Waals surface area contributed by atoms with E-state index in [4.69, 9.17) is 10.7 Å². The van der Waals surface area contributed by atoms with Crippen LogP contribution in [-0.2, 0) is 21.4 Å². The Morgan fingerprint density at radius 3 is 2.40 bits per heavy atom. The van der Waals surface area contributed by atoms with Crippen LogP contribution >= 0.6 is 0 Å². The number of hydrogen-bond acceptors (Lipinski definition) is 11. The minimum absolute atomic E-state index is 0.0107. The van der Waals surface area contributed by atoms with Gasteiger partial charge in [-0.1, -0.05) is 37.3 Å². The second kappa shape index (κ2) is 15.6. The lowest BCUT2D eigenvalue weighted by Gasteiger charge is -2.48. The largest absolute Gasteiger partial charge is 0.382 e. The first-order valence-corrected chi connectivity index (χ1v) is 21.2. The summed E-state index contributed by atoms with van der Waals surface area (Å²) in [6, 6.07) is 13.5. The number of likely N-dealkylation sites (tertiary alicyclic amines) is 1. The van der Waals surface area contributed by atoms with Gasteiger partial charge in [0.15, 0.2) is 0 Å². The van der Waals surface area contributed by atoms with Crippen molar-refractivity contribution in [1.29, 1.82) is 0 Å². The van der Waals surface area contributed by atoms with Gasteiger partial charge in [0.05, 0.1) is 29.1 Å². The number of amides is 7. The number of piperidine rings is 3. The van der Waals surface area contributed by atoms with Crippen LogP contribution in [0.1, 0.15) is 106 Å². The van der Waals surface area contributed by atoms with Crippen LogP contribution in [0.4, 0.5) is 16.3 Å². The first-order chi connectivity index (χ1) is 28.9. The molecular weight excluding hydrogens is 765 g/mol. The Morgan fingerprint density at radius 1 is 0.933 bits per heavy atom. The van der Waals surface area contributed by atoms with Gasteiger partial charge in [0.25, 0.3) is 17.7 Å². The molecule has 5 fully saturated rings. The van der Waals surface area contributed by atoms with Gasteiger partial charge in [-0.25, -0.2) is 14.8 Å². The van der Waals surface area contributed by atoms with Crippen molar-refractivity contribution >= 4 is 47.1 Å². The summed E-state index contributed by atoms with van der Waals surface area (Å²) in [5.74, 6) is -1.94. The lowest BCUT2D eigenvalue weighted by atomic mass is 9.73. The van der Waals surface area contributed by atoms with Crippen LogP contribution in [0.15, 0.2) is 48.7 Å². The molecule has 1 aromatic heterocycles. The van der Waals surface area contributed by atoms with Crippen LogP contribution in [0, 0.1) is 0 Å². The van der Waals surface area contributed by atoms with Crippen LogP contribution in [0.3, 0.4) is 0 Å². The molecule has 2 atom stereocenters. The summed E-state index contributed by atoms with van der Waals surface area (Å²) in [5.41, 5.74) is 9.96. The Bertz CT molecular complexity index is 2250. The number of likely N-dealkylation sites (N-methyl/N-ethyl adjacent to an activating group) is 1. The number of urea groups is 1. The molecule has 16 heteroatoms. The third kappa shape index (κ3) is 7.24. The number of aromatic nitrogens is 2. The quantitative estimate of drug-likeness (QED) is 0.255. The fraction of sp³-hybridized carbons (Fsp3) is 0.500. The predicted octanol–water partition coefficient (Wildman–Crippen LogP) is 2.90. The maximum absolute atomic E-state index is 13.6. The molecule has 16 nitrogen and oxygen atoms in total. The van der Waals surface area contributed by atoms with Gasteiger partial charge in [-0.2, -0.15) is 0 Å². The molecule has 6 heterocycles. The van der Waals surface area contributed by atoms with E-state index in [2.05, 4.69) is 56.6 Å². The average molecular weight is 817 g/mol. The van der Waals surface area contributed by atoms with E-state index in [9.17, 15) is 28.8 Å². The lowest BCUT2D eigenvalue weighted by Crippen LogP contribution is -2.54. The van der Waals surface area contributed by atoms with Crippen LogP contribution < -0.4 is 21.3 Å². The van der Waals surface area contributed by atoms with Crippen LogP contribution in [0.2, 0.25) is 0 Å². The van der Waals surface area contributed by atoms with Crippen molar-refractivity contribution in [3.05, 3.63) is 82.3 Å². The van der Waals surface area contributed by atoms with Gasteiger partial charge in [0.1, 0.15) is 17.6 Å². The Morgan fingerprint density at radius 2 is 1.70 bits per heavy atom. The fourth-order valence-corrected chi connectivity index (χ4v) is 10.1. The maximum atomic E-state index is 13.6. The normalized spacial score (nSPS) is 25.7. The smallest absolute Gasteiger partial charge is 0.320 e. The number of primary amides is 1. The number of carbonyl (C=O) groups excluding carboxylic acids is 6. The third-order valence-corrected chi connectivity index (χ3v) is 13.9. The molecule has 7 amide bonds. The molecule has 3 aromatic rings. The van der Waals surface area contributed by atoms with E-state index in [1.165, 1.54) is 5.56 Å². The predicted molar refractivity (Wildman–Crippen MR) is 221 cm³/mol. The average Bonchev–Trinajstić information content (AvgIpc) is 3.70. The molecule has 5 aliphatic heterocycles. The summed E-state index contributed by atoms with van der Waals surface area (Å²) in [5, 5.41) is 5.77. The van der Waals surface area contributed by atoms with Gasteiger partial charge in [-0.15, -0.1) is 0 Å². The van der Waals surface area contributed by atoms with Crippen molar-refractivity contribution < 1.29 is 28.8 Å². The highest BCUT2D eigenvalue weighted by molar-refractivity contribution is 6.25. The third-order valence-electron chi connectivity index (χ3n) is 13.9. The molecule has 0 spiro atoms. The van der Waals surface area contributed by atoms with E-state index in [0.29, 0.717) is 41.8 Å². The minimum Gasteiger partial charge on any atom is -0.382 e. The highest BCUT2D eigenvalue weighted by atomic mass is 16.2. The number of benzene rings is 2. The minimum atomic E-state index is -0.995. The van der Waals surface area contributed by atoms with Crippen LogP contribution in [0.5, 0.6) is 0 Å². The Labute approximate surface area is 348 Å². The van der Waals surface area contributed by atoms with E-state index < -0.39 is 35.6 Å². The number of fused-ring (bicyclic) bond motifs is 1. The molecule has 1 saturated carbocycles. The number of nitrogens with two attached hydrogens (primary N) is 1. The monoisotopic (exact) mass is 816 g/mol. The van der Waals surface area contributed by atoms with Crippen molar-refractivity contribution in [2.45, 2.75) is 94.3 Å². The molecule has 6 aliphatic rings. The standard InChI is InChI=1S/C44H52N10O6/c1-44(27-10-8-26(9-11-27)21-33-38(39(45)56)46-24-35(48-33)52-16-4-5-29(25-52)53-20-19-50(2)43(53)60)14-17-51(18-15-44)30-22-28(23-30)47-32-7-3-6-31-37(32)42(59)54(41(31)58)34-12-13-36(55)49-40(34)57/h3,6-11,24,28-30,34,47H,4-5,12-23,25H2,1-2H3,(H2,45,56)(H,49,55,57)/t28?,29-,30?,34?/m1/s1. The molecular formula is C44H52N10O6. The Kier molecular flexibility index (Phi) is 10.3. The van der Waals surface area contributed by atoms with E-state index in [1.54, 1.807) is 23.2 Å². The fourth-order valence-electron chi connectivity index (χ4n) is 10.1. The number of nitrogens with zero attached hydrogens (tertiary/aromatic N) is 7. The second-order valence-electron chi connectivity index (χ2n) is 17.6. The zero-order valence-corrected chi connectivity index (χ0v) is 34.2. The lowest BCUT2D eigenvalue weighted by molar-refractivity contribution is -0.136. The van der Waals surface area contributed by atoms with Crippen molar-refractivity contribution in [3.8, 4) is 0 Å². The van der Waals surface area contributed by atoms with Crippen LogP contribution in [-0.4, -0.2) is 136 Å². The number of imide groups is 2. The molecule has 0 radical (unpaired) electrons. The molecule has 4 saturated heterocycles. The zero-order valence-electron chi connectivity index (χ0n) is 34.2. The topological polar surface area (TPSA) is 194 Å². The molecule has 2 aromatic carbocycles. The van der Waals surface area contributed by atoms with E-state index >= 15 is 0 Å². The SMILES string of the molecule is CN1CCN([C@@H]2CCCN(c3cnc(C(N)=O)c(Cc4ccc(C5(C)CCN(C6CC(Nc7cccc8c7C(=O)N(C7CCC(=O)NC7=O)C8=O)C6)CC5)cc4)n3)C2)C1=O. The number of carbonyl (C=O) groups is 6. The number of rotatable bonds is 10. The summed E-state index contributed by atoms with van der Waals surface area (Å²) in [7, 11) is 1.84. The van der Waals surface area contributed by atoms with E-state index in [-0.39, 0.29) is 47.6 Å². The Balaban J connectivity index is 0.791. The molecule has 9 rings (SSSR count). The molecule has 4 N–H and O–H groups in total. The molecule has 314 valence electrons. The zero-order chi connectivity index (χ0) is 41.9. The second-order valence-corrected chi connectivity index (χ2v) is 17.6. The highest BCUT2D eigenvalue weighted by Gasteiger charge is 2.46. The molecule has 1 aliphatic carbocycles. The summed E-state index contributed by atoms with van der Waals surface area (Å²) in [4.78, 5) is 95.1. The highest BCUT2D eigenvalue weighted by Crippen LogP contribution is 2.40. The Hall–Kier alpha value is -5.90. The van der Waals surface area contributed by atoms with Gasteiger partial charge < -0.3 is 30.7 Å². The summed E-state index contributed by atoms with van der Waals surface area (Å²) < 4.78 is 0. The van der Waals surface area contributed by atoms with Crippen molar-refractivity contribution in [3.63, 3.8) is 0 Å². The van der Waals surface area contributed by atoms with Crippen molar-refractivity contribution in [2.24, 2.45) is 5.73 Å². The summed E-state index contributed by atoms with van der Waals surface area (Å²) >= 11 is 0. The van der Waals surface area contributed by atoms with Crippen LogP contribution in [0.25, 0.3) is 0 Å².